The molecule has 1 aliphatic rings. The second kappa shape index (κ2) is 6.80. The minimum atomic E-state index is -0.830. The Hall–Kier alpha value is -2.73. The molecule has 0 fully saturated rings. The molecule has 0 bridgehead atoms. The molecule has 1 aliphatic heterocycles. The highest BCUT2D eigenvalue weighted by Crippen LogP contribution is 2.39. The Morgan fingerprint density at radius 1 is 1.21 bits per heavy atom. The summed E-state index contributed by atoms with van der Waals surface area (Å²) in [6.07, 6.45) is 0.306. The van der Waals surface area contributed by atoms with Gasteiger partial charge in [0, 0.05) is 12.0 Å². The molecule has 1 heterocycles. The highest BCUT2D eigenvalue weighted by molar-refractivity contribution is 6.32. The van der Waals surface area contributed by atoms with Crippen molar-refractivity contribution in [1.29, 1.82) is 0 Å². The van der Waals surface area contributed by atoms with Crippen LogP contribution in [0.1, 0.15) is 15.9 Å². The Morgan fingerprint density at radius 2 is 1.96 bits per heavy atom. The molecule has 2 aromatic rings. The summed E-state index contributed by atoms with van der Waals surface area (Å²) in [5.41, 5.74) is 6.57. The first-order chi connectivity index (χ1) is 11.5. The number of primary amides is 1. The van der Waals surface area contributed by atoms with Crippen molar-refractivity contribution in [1.82, 2.24) is 5.32 Å². The van der Waals surface area contributed by atoms with Crippen molar-refractivity contribution in [3.63, 3.8) is 0 Å². The molecule has 2 amide bonds. The first-order valence-corrected chi connectivity index (χ1v) is 7.65. The number of benzene rings is 2. The van der Waals surface area contributed by atoms with Crippen molar-refractivity contribution in [3.05, 3.63) is 58.6 Å². The van der Waals surface area contributed by atoms with E-state index < -0.39 is 17.9 Å². The van der Waals surface area contributed by atoms with Crippen molar-refractivity contribution in [2.45, 2.75) is 12.5 Å². The van der Waals surface area contributed by atoms with Crippen molar-refractivity contribution in [3.8, 4) is 11.5 Å². The summed E-state index contributed by atoms with van der Waals surface area (Å²) < 4.78 is 10.4. The van der Waals surface area contributed by atoms with Gasteiger partial charge in [0.1, 0.15) is 6.04 Å². The standard InChI is InChI=1S/C17H15ClN2O4/c18-12-7-11(8-14-15(12)24-9-23-14)17(22)20-13(16(19)21)6-10-4-2-1-3-5-10/h1-5,7-8,13H,6,9H2,(H2,19,21)(H,20,22)/t13-/m1/s1. The SMILES string of the molecule is NC(=O)[C@@H](Cc1ccccc1)NC(=O)c1cc(Cl)c2c(c1)OCO2. The van der Waals surface area contributed by atoms with Gasteiger partial charge < -0.3 is 20.5 Å². The summed E-state index contributed by atoms with van der Waals surface area (Å²) in [5, 5.41) is 2.90. The first-order valence-electron chi connectivity index (χ1n) is 7.28. The molecule has 0 aromatic heterocycles. The normalized spacial score (nSPS) is 13.4. The lowest BCUT2D eigenvalue weighted by Gasteiger charge is -2.16. The van der Waals surface area contributed by atoms with Crippen LogP contribution in [0, 0.1) is 0 Å². The van der Waals surface area contributed by atoms with Gasteiger partial charge in [-0.25, -0.2) is 0 Å². The topological polar surface area (TPSA) is 90.7 Å². The molecule has 0 saturated heterocycles. The van der Waals surface area contributed by atoms with E-state index in [9.17, 15) is 9.59 Å². The fourth-order valence-electron chi connectivity index (χ4n) is 2.41. The molecule has 1 atom stereocenters. The lowest BCUT2D eigenvalue weighted by molar-refractivity contribution is -0.119. The summed E-state index contributed by atoms with van der Waals surface area (Å²) in [6, 6.07) is 11.5. The fraction of sp³-hybridized carbons (Fsp3) is 0.176. The minimum absolute atomic E-state index is 0.0536. The van der Waals surface area contributed by atoms with Crippen LogP contribution >= 0.6 is 11.6 Å². The largest absolute Gasteiger partial charge is 0.454 e. The van der Waals surface area contributed by atoms with Crippen molar-refractivity contribution >= 4 is 23.4 Å². The zero-order valence-corrected chi connectivity index (χ0v) is 13.4. The van der Waals surface area contributed by atoms with Gasteiger partial charge in [0.2, 0.25) is 12.7 Å². The fourth-order valence-corrected chi connectivity index (χ4v) is 2.68. The maximum absolute atomic E-state index is 12.4. The molecule has 124 valence electrons. The molecule has 3 rings (SSSR count). The van der Waals surface area contributed by atoms with E-state index in [4.69, 9.17) is 26.8 Å². The van der Waals surface area contributed by atoms with Gasteiger partial charge in [-0.05, 0) is 17.7 Å². The monoisotopic (exact) mass is 346 g/mol. The molecule has 2 aromatic carbocycles. The van der Waals surface area contributed by atoms with E-state index in [0.29, 0.717) is 17.9 Å². The number of ether oxygens (including phenoxy) is 2. The summed E-state index contributed by atoms with van der Waals surface area (Å²) in [6.45, 7) is 0.0536. The lowest BCUT2D eigenvalue weighted by Crippen LogP contribution is -2.45. The first kappa shape index (κ1) is 16.1. The summed E-state index contributed by atoms with van der Waals surface area (Å²) >= 11 is 6.07. The van der Waals surface area contributed by atoms with Crippen LogP contribution in [0.4, 0.5) is 0 Å². The molecule has 7 heteroatoms. The Balaban J connectivity index is 1.77. The van der Waals surface area contributed by atoms with Gasteiger partial charge in [0.25, 0.3) is 5.91 Å². The second-order valence-corrected chi connectivity index (χ2v) is 5.72. The Kier molecular flexibility index (Phi) is 4.57. The number of hydrogen-bond acceptors (Lipinski definition) is 4. The van der Waals surface area contributed by atoms with Gasteiger partial charge >= 0.3 is 0 Å². The van der Waals surface area contributed by atoms with E-state index in [-0.39, 0.29) is 17.4 Å². The van der Waals surface area contributed by atoms with Crippen LogP contribution in [0.5, 0.6) is 11.5 Å². The van der Waals surface area contributed by atoms with Crippen LogP contribution in [-0.2, 0) is 11.2 Å². The predicted octanol–water partition coefficient (Wildman–Crippen LogP) is 1.90. The lowest BCUT2D eigenvalue weighted by atomic mass is 10.0. The number of fused-ring (bicyclic) bond motifs is 1. The number of nitrogens with two attached hydrogens (primary N) is 1. The highest BCUT2D eigenvalue weighted by Gasteiger charge is 2.23. The van der Waals surface area contributed by atoms with Gasteiger partial charge in [-0.15, -0.1) is 0 Å². The molecule has 3 N–H and O–H groups in total. The molecule has 6 nitrogen and oxygen atoms in total. The summed E-state index contributed by atoms with van der Waals surface area (Å²) in [7, 11) is 0. The predicted molar refractivity (Wildman–Crippen MR) is 88.2 cm³/mol. The van der Waals surface area contributed by atoms with Gasteiger partial charge in [-0.2, -0.15) is 0 Å². The molecule has 24 heavy (non-hydrogen) atoms. The van der Waals surface area contributed by atoms with Crippen molar-refractivity contribution in [2.24, 2.45) is 5.73 Å². The van der Waals surface area contributed by atoms with Crippen LogP contribution in [0.3, 0.4) is 0 Å². The zero-order chi connectivity index (χ0) is 17.1. The Labute approximate surface area is 143 Å². The summed E-state index contributed by atoms with van der Waals surface area (Å²) in [4.78, 5) is 24.1. The molecular formula is C17H15ClN2O4. The van der Waals surface area contributed by atoms with Crippen LogP contribution in [0.2, 0.25) is 5.02 Å². The number of nitrogens with one attached hydrogen (secondary N) is 1. The van der Waals surface area contributed by atoms with E-state index in [0.717, 1.165) is 5.56 Å². The van der Waals surface area contributed by atoms with Crippen LogP contribution in [-0.4, -0.2) is 24.6 Å². The van der Waals surface area contributed by atoms with Gasteiger partial charge in [-0.1, -0.05) is 41.9 Å². The number of rotatable bonds is 5. The molecule has 0 aliphatic carbocycles. The third-order valence-corrected chi connectivity index (χ3v) is 3.90. The quantitative estimate of drug-likeness (QED) is 0.865. The van der Waals surface area contributed by atoms with Crippen LogP contribution < -0.4 is 20.5 Å². The number of amides is 2. The van der Waals surface area contributed by atoms with E-state index in [2.05, 4.69) is 5.32 Å². The Bertz CT molecular complexity index is 780. The number of halogens is 1. The number of carbonyl (C=O) groups is 2. The van der Waals surface area contributed by atoms with Gasteiger partial charge in [0.05, 0.1) is 5.02 Å². The minimum Gasteiger partial charge on any atom is -0.454 e. The average Bonchev–Trinajstić information content (AvgIpc) is 3.04. The van der Waals surface area contributed by atoms with E-state index >= 15 is 0 Å². The third-order valence-electron chi connectivity index (χ3n) is 3.62. The molecule has 0 saturated carbocycles. The average molecular weight is 347 g/mol. The van der Waals surface area contributed by atoms with E-state index in [1.54, 1.807) is 0 Å². The maximum Gasteiger partial charge on any atom is 0.252 e. The van der Waals surface area contributed by atoms with Crippen molar-refractivity contribution < 1.29 is 19.1 Å². The highest BCUT2D eigenvalue weighted by atomic mass is 35.5. The van der Waals surface area contributed by atoms with Crippen molar-refractivity contribution in [2.75, 3.05) is 6.79 Å². The van der Waals surface area contributed by atoms with Gasteiger partial charge in [-0.3, -0.25) is 9.59 Å². The zero-order valence-electron chi connectivity index (χ0n) is 12.6. The third kappa shape index (κ3) is 3.44. The van der Waals surface area contributed by atoms with Gasteiger partial charge in [0.15, 0.2) is 11.5 Å². The van der Waals surface area contributed by atoms with E-state index in [1.807, 2.05) is 30.3 Å². The number of hydrogen-bond donors (Lipinski definition) is 2. The van der Waals surface area contributed by atoms with E-state index in [1.165, 1.54) is 12.1 Å². The molecule has 0 spiro atoms. The van der Waals surface area contributed by atoms with Crippen LogP contribution in [0.25, 0.3) is 0 Å². The molecular weight excluding hydrogens is 332 g/mol. The van der Waals surface area contributed by atoms with Crippen LogP contribution in [0.15, 0.2) is 42.5 Å². The molecule has 0 unspecified atom stereocenters. The number of carbonyl (C=O) groups excluding carboxylic acids is 2. The smallest absolute Gasteiger partial charge is 0.252 e. The molecule has 0 radical (unpaired) electrons. The maximum atomic E-state index is 12.4. The summed E-state index contributed by atoms with van der Waals surface area (Å²) in [5.74, 6) is -0.274. The Morgan fingerprint density at radius 3 is 2.67 bits per heavy atom. The second-order valence-electron chi connectivity index (χ2n) is 5.31.